The van der Waals surface area contributed by atoms with E-state index in [4.69, 9.17) is 5.73 Å². The van der Waals surface area contributed by atoms with E-state index >= 15 is 0 Å². The highest BCUT2D eigenvalue weighted by Gasteiger charge is 2.48. The Bertz CT molecular complexity index is 491. The summed E-state index contributed by atoms with van der Waals surface area (Å²) in [6.07, 6.45) is 4.03. The average molecular weight is 301 g/mol. The molecule has 3 rings (SSSR count). The number of carbonyl (C=O) groups is 1. The molecule has 2 saturated carbocycles. The molecule has 2 bridgehead atoms. The number of amides is 1. The molecule has 0 aromatic heterocycles. The van der Waals surface area contributed by atoms with Gasteiger partial charge in [0, 0.05) is 25.7 Å². The van der Waals surface area contributed by atoms with Gasteiger partial charge in [0.05, 0.1) is 11.7 Å². The highest BCUT2D eigenvalue weighted by atomic mass is 32.2. The Labute approximate surface area is 120 Å². The van der Waals surface area contributed by atoms with Crippen molar-refractivity contribution in [2.45, 2.75) is 31.7 Å². The molecule has 3 aliphatic rings. The van der Waals surface area contributed by atoms with Crippen LogP contribution >= 0.6 is 0 Å². The Kier molecular flexibility index (Phi) is 3.77. The average Bonchev–Trinajstić information content (AvgIpc) is 3.04. The Morgan fingerprint density at radius 1 is 1.30 bits per heavy atom. The monoisotopic (exact) mass is 301 g/mol. The number of hydrogen-bond donors (Lipinski definition) is 2. The molecule has 20 heavy (non-hydrogen) atoms. The molecule has 1 heterocycles. The van der Waals surface area contributed by atoms with Gasteiger partial charge in [0.2, 0.25) is 15.9 Å². The summed E-state index contributed by atoms with van der Waals surface area (Å²) in [5, 5.41) is 2.88. The first-order chi connectivity index (χ1) is 9.49. The van der Waals surface area contributed by atoms with E-state index < -0.39 is 10.0 Å². The number of carbonyl (C=O) groups excluding carboxylic acids is 1. The van der Waals surface area contributed by atoms with Crippen LogP contribution in [0.3, 0.4) is 0 Å². The second-order valence-electron chi connectivity index (χ2n) is 6.30. The van der Waals surface area contributed by atoms with Crippen molar-refractivity contribution in [3.05, 3.63) is 0 Å². The maximum atomic E-state index is 12.2. The second-order valence-corrected chi connectivity index (χ2v) is 8.38. The van der Waals surface area contributed by atoms with Gasteiger partial charge in [-0.25, -0.2) is 12.7 Å². The van der Waals surface area contributed by atoms with E-state index in [9.17, 15) is 13.2 Å². The van der Waals surface area contributed by atoms with Gasteiger partial charge >= 0.3 is 0 Å². The van der Waals surface area contributed by atoms with Crippen LogP contribution in [0.4, 0.5) is 0 Å². The summed E-state index contributed by atoms with van der Waals surface area (Å²) in [6, 6.07) is -0.00994. The van der Waals surface area contributed by atoms with E-state index in [1.165, 1.54) is 4.31 Å². The van der Waals surface area contributed by atoms with Crippen LogP contribution in [0, 0.1) is 17.8 Å². The molecular weight excluding hydrogens is 278 g/mol. The van der Waals surface area contributed by atoms with Crippen molar-refractivity contribution in [1.29, 1.82) is 0 Å². The van der Waals surface area contributed by atoms with Crippen molar-refractivity contribution in [3.63, 3.8) is 0 Å². The van der Waals surface area contributed by atoms with E-state index in [1.807, 2.05) is 0 Å². The lowest BCUT2D eigenvalue weighted by atomic mass is 9.84. The van der Waals surface area contributed by atoms with Crippen LogP contribution in [-0.2, 0) is 14.8 Å². The standard InChI is InChI=1S/C13H23N3O3S/c14-12-10-3-2-9(8-10)11(12)13(17)15-4-6-16-5-1-7-20(16,18)19/h9-12H,1-8,14H2,(H,15,17). The van der Waals surface area contributed by atoms with Crippen molar-refractivity contribution in [1.82, 2.24) is 9.62 Å². The molecule has 2 aliphatic carbocycles. The van der Waals surface area contributed by atoms with Gasteiger partial charge in [-0.15, -0.1) is 0 Å². The van der Waals surface area contributed by atoms with E-state index in [0.717, 1.165) is 19.3 Å². The third-order valence-corrected chi connectivity index (χ3v) is 7.10. The molecule has 1 saturated heterocycles. The highest BCUT2D eigenvalue weighted by molar-refractivity contribution is 7.89. The van der Waals surface area contributed by atoms with Crippen LogP contribution in [0.2, 0.25) is 0 Å². The van der Waals surface area contributed by atoms with Gasteiger partial charge in [0.15, 0.2) is 0 Å². The summed E-state index contributed by atoms with van der Waals surface area (Å²) < 4.78 is 24.8. The minimum Gasteiger partial charge on any atom is -0.354 e. The first-order valence-electron chi connectivity index (χ1n) is 7.50. The molecular formula is C13H23N3O3S. The number of hydrogen-bond acceptors (Lipinski definition) is 4. The molecule has 1 aliphatic heterocycles. The SMILES string of the molecule is NC1C2CCC(C2)C1C(=O)NCCN1CCCS1(=O)=O. The maximum Gasteiger partial charge on any atom is 0.225 e. The fourth-order valence-corrected chi connectivity index (χ4v) is 5.62. The zero-order valence-electron chi connectivity index (χ0n) is 11.6. The van der Waals surface area contributed by atoms with Gasteiger partial charge < -0.3 is 11.1 Å². The van der Waals surface area contributed by atoms with Crippen LogP contribution < -0.4 is 11.1 Å². The summed E-state index contributed by atoms with van der Waals surface area (Å²) >= 11 is 0. The molecule has 0 aromatic carbocycles. The molecule has 0 spiro atoms. The molecule has 114 valence electrons. The quantitative estimate of drug-likeness (QED) is 0.733. The molecule has 6 nitrogen and oxygen atoms in total. The van der Waals surface area contributed by atoms with Gasteiger partial charge in [-0.2, -0.15) is 0 Å². The largest absolute Gasteiger partial charge is 0.354 e. The van der Waals surface area contributed by atoms with E-state index in [2.05, 4.69) is 5.32 Å². The lowest BCUT2D eigenvalue weighted by Gasteiger charge is -2.27. The predicted molar refractivity (Wildman–Crippen MR) is 75.3 cm³/mol. The van der Waals surface area contributed by atoms with Crippen molar-refractivity contribution < 1.29 is 13.2 Å². The summed E-state index contributed by atoms with van der Waals surface area (Å²) in [6.45, 7) is 1.34. The molecule has 3 fully saturated rings. The second kappa shape index (κ2) is 5.27. The van der Waals surface area contributed by atoms with E-state index in [-0.39, 0.29) is 23.6 Å². The fourth-order valence-electron chi connectivity index (χ4n) is 4.09. The molecule has 4 unspecified atom stereocenters. The summed E-state index contributed by atoms with van der Waals surface area (Å²) in [5.41, 5.74) is 6.13. The van der Waals surface area contributed by atoms with Gasteiger partial charge in [0.1, 0.15) is 0 Å². The lowest BCUT2D eigenvalue weighted by molar-refractivity contribution is -0.127. The molecule has 0 aromatic rings. The highest BCUT2D eigenvalue weighted by Crippen LogP contribution is 2.47. The van der Waals surface area contributed by atoms with Gasteiger partial charge in [-0.05, 0) is 37.5 Å². The number of sulfonamides is 1. The van der Waals surface area contributed by atoms with Crippen LogP contribution in [0.15, 0.2) is 0 Å². The van der Waals surface area contributed by atoms with Crippen LogP contribution in [-0.4, -0.2) is 50.1 Å². The normalized spacial score (nSPS) is 39.2. The Morgan fingerprint density at radius 3 is 2.65 bits per heavy atom. The molecule has 7 heteroatoms. The zero-order chi connectivity index (χ0) is 14.3. The van der Waals surface area contributed by atoms with E-state index in [1.54, 1.807) is 0 Å². The lowest BCUT2D eigenvalue weighted by Crippen LogP contribution is -2.46. The number of nitrogens with one attached hydrogen (secondary N) is 1. The van der Waals surface area contributed by atoms with Gasteiger partial charge in [0.25, 0.3) is 0 Å². The Hall–Kier alpha value is -0.660. The molecule has 0 radical (unpaired) electrons. The minimum absolute atomic E-state index is 0.00994. The Balaban J connectivity index is 1.48. The van der Waals surface area contributed by atoms with Crippen LogP contribution in [0.5, 0.6) is 0 Å². The summed E-state index contributed by atoms with van der Waals surface area (Å²) in [4.78, 5) is 12.2. The molecule has 4 atom stereocenters. The summed E-state index contributed by atoms with van der Waals surface area (Å²) in [5.74, 6) is 1.13. The first-order valence-corrected chi connectivity index (χ1v) is 9.11. The number of nitrogens with two attached hydrogens (primary N) is 1. The molecule has 3 N–H and O–H groups in total. The minimum atomic E-state index is -3.07. The zero-order valence-corrected chi connectivity index (χ0v) is 12.4. The van der Waals surface area contributed by atoms with Gasteiger partial charge in [-0.3, -0.25) is 4.79 Å². The topological polar surface area (TPSA) is 92.5 Å². The van der Waals surface area contributed by atoms with Crippen molar-refractivity contribution in [3.8, 4) is 0 Å². The Morgan fingerprint density at radius 2 is 2.05 bits per heavy atom. The third kappa shape index (κ3) is 2.46. The fraction of sp³-hybridized carbons (Fsp3) is 0.923. The summed E-state index contributed by atoms with van der Waals surface area (Å²) in [7, 11) is -3.07. The van der Waals surface area contributed by atoms with E-state index in [0.29, 0.717) is 37.9 Å². The first kappa shape index (κ1) is 14.3. The predicted octanol–water partition coefficient (Wildman–Crippen LogP) is -0.488. The molecule has 1 amide bonds. The number of rotatable bonds is 4. The van der Waals surface area contributed by atoms with Gasteiger partial charge in [-0.1, -0.05) is 0 Å². The maximum absolute atomic E-state index is 12.2. The van der Waals surface area contributed by atoms with Crippen molar-refractivity contribution in [2.75, 3.05) is 25.4 Å². The number of nitrogens with zero attached hydrogens (tertiary/aromatic N) is 1. The van der Waals surface area contributed by atoms with Crippen LogP contribution in [0.1, 0.15) is 25.7 Å². The number of fused-ring (bicyclic) bond motifs is 2. The van der Waals surface area contributed by atoms with Crippen molar-refractivity contribution >= 4 is 15.9 Å². The smallest absolute Gasteiger partial charge is 0.225 e. The van der Waals surface area contributed by atoms with Crippen molar-refractivity contribution in [2.24, 2.45) is 23.5 Å². The van der Waals surface area contributed by atoms with Crippen LogP contribution in [0.25, 0.3) is 0 Å². The third-order valence-electron chi connectivity index (χ3n) is 5.15.